The highest BCUT2D eigenvalue weighted by molar-refractivity contribution is 6.47. The van der Waals surface area contributed by atoms with Crippen molar-refractivity contribution in [2.24, 2.45) is 0 Å². The number of carbonyl (C=O) groups is 2. The Kier molecular flexibility index (Phi) is 5.37. The van der Waals surface area contributed by atoms with E-state index in [1.807, 2.05) is 0 Å². The smallest absolute Gasteiger partial charge is 0.272 e. The fourth-order valence-electron chi connectivity index (χ4n) is 1.86. The van der Waals surface area contributed by atoms with Crippen LogP contribution in [0.15, 0.2) is 39.6 Å². The van der Waals surface area contributed by atoms with Crippen LogP contribution in [-0.2, 0) is 0 Å². The Morgan fingerprint density at radius 1 is 1.10 bits per heavy atom. The number of unbranched alkanes of at least 4 members (excludes halogenated alkanes) is 3. The molecule has 0 atom stereocenters. The van der Waals surface area contributed by atoms with Crippen LogP contribution in [0.2, 0.25) is 0 Å². The Morgan fingerprint density at radius 2 is 1.90 bits per heavy atom. The van der Waals surface area contributed by atoms with Crippen LogP contribution in [0.1, 0.15) is 53.7 Å². The second kappa shape index (κ2) is 7.47. The van der Waals surface area contributed by atoms with Crippen molar-refractivity contribution in [3.63, 3.8) is 0 Å². The van der Waals surface area contributed by atoms with Crippen LogP contribution in [0, 0.1) is 0 Å². The number of ether oxygens (including phenoxy) is 1. The van der Waals surface area contributed by atoms with Gasteiger partial charge in [0.15, 0.2) is 17.3 Å². The summed E-state index contributed by atoms with van der Waals surface area (Å²) in [7, 11) is 0. The van der Waals surface area contributed by atoms with E-state index >= 15 is 0 Å². The average molecular weight is 290 g/mol. The zero-order valence-electron chi connectivity index (χ0n) is 12.0. The molecule has 0 aromatic carbocycles. The van der Waals surface area contributed by atoms with Gasteiger partial charge in [-0.15, -0.1) is 0 Å². The maximum atomic E-state index is 11.9. The Balaban J connectivity index is 1.87. The van der Waals surface area contributed by atoms with Gasteiger partial charge >= 0.3 is 0 Å². The van der Waals surface area contributed by atoms with Crippen LogP contribution >= 0.6 is 0 Å². The molecule has 0 bridgehead atoms. The van der Waals surface area contributed by atoms with Crippen LogP contribution in [0.4, 0.5) is 0 Å². The molecule has 0 saturated carbocycles. The largest absolute Gasteiger partial charge is 0.490 e. The van der Waals surface area contributed by atoms with Gasteiger partial charge in [-0.1, -0.05) is 26.2 Å². The summed E-state index contributed by atoms with van der Waals surface area (Å²) in [6.07, 6.45) is 7.08. The molecule has 21 heavy (non-hydrogen) atoms. The molecule has 112 valence electrons. The molecule has 2 rings (SSSR count). The van der Waals surface area contributed by atoms with E-state index in [2.05, 4.69) is 6.92 Å². The van der Waals surface area contributed by atoms with Gasteiger partial charge in [-0.05, 0) is 18.6 Å². The fraction of sp³-hybridized carbons (Fsp3) is 0.375. The molecule has 0 unspecified atom stereocenters. The van der Waals surface area contributed by atoms with Crippen LogP contribution in [0.3, 0.4) is 0 Å². The molecule has 0 radical (unpaired) electrons. The van der Waals surface area contributed by atoms with E-state index in [1.54, 1.807) is 6.07 Å². The standard InChI is InChI=1S/C16H18O5/c1-2-3-4-5-8-19-12-10-14(21-11-12)16(18)15(17)13-7-6-9-20-13/h6-7,9-11H,2-5,8H2,1H3. The maximum absolute atomic E-state index is 11.9. The summed E-state index contributed by atoms with van der Waals surface area (Å²) in [6.45, 7) is 2.71. The summed E-state index contributed by atoms with van der Waals surface area (Å²) in [5.41, 5.74) is 0. The SMILES string of the molecule is CCCCCCOc1coc(C(=O)C(=O)c2ccco2)c1. The molecule has 0 fully saturated rings. The lowest BCUT2D eigenvalue weighted by atomic mass is 10.2. The number of hydrogen-bond donors (Lipinski definition) is 0. The normalized spacial score (nSPS) is 10.5. The summed E-state index contributed by atoms with van der Waals surface area (Å²) >= 11 is 0. The number of rotatable bonds is 9. The van der Waals surface area contributed by atoms with E-state index in [-0.39, 0.29) is 11.5 Å². The first-order chi connectivity index (χ1) is 10.2. The Morgan fingerprint density at radius 3 is 2.62 bits per heavy atom. The monoisotopic (exact) mass is 290 g/mol. The van der Waals surface area contributed by atoms with Gasteiger partial charge < -0.3 is 13.6 Å². The molecular formula is C16H18O5. The minimum absolute atomic E-state index is 0.00145. The number of hydrogen-bond acceptors (Lipinski definition) is 5. The van der Waals surface area contributed by atoms with E-state index in [0.29, 0.717) is 12.4 Å². The highest BCUT2D eigenvalue weighted by atomic mass is 16.5. The molecule has 5 nitrogen and oxygen atoms in total. The van der Waals surface area contributed by atoms with Crippen molar-refractivity contribution >= 4 is 11.6 Å². The third-order valence-corrected chi connectivity index (χ3v) is 3.02. The van der Waals surface area contributed by atoms with Crippen molar-refractivity contribution < 1.29 is 23.2 Å². The molecule has 2 aromatic heterocycles. The number of carbonyl (C=O) groups excluding carboxylic acids is 2. The van der Waals surface area contributed by atoms with Crippen LogP contribution < -0.4 is 4.74 Å². The summed E-state index contributed by atoms with van der Waals surface area (Å²) in [4.78, 5) is 23.7. The zero-order valence-corrected chi connectivity index (χ0v) is 12.0. The van der Waals surface area contributed by atoms with Crippen LogP contribution in [0.25, 0.3) is 0 Å². The summed E-state index contributed by atoms with van der Waals surface area (Å²) < 4.78 is 15.5. The minimum atomic E-state index is -0.745. The molecule has 0 aliphatic rings. The Bertz CT molecular complexity index is 580. The van der Waals surface area contributed by atoms with Gasteiger partial charge in [0.25, 0.3) is 11.6 Å². The van der Waals surface area contributed by atoms with Crippen molar-refractivity contribution in [2.75, 3.05) is 6.61 Å². The molecule has 0 spiro atoms. The van der Waals surface area contributed by atoms with Gasteiger partial charge in [-0.3, -0.25) is 9.59 Å². The first-order valence-electron chi connectivity index (χ1n) is 7.06. The van der Waals surface area contributed by atoms with Gasteiger partial charge in [0, 0.05) is 6.07 Å². The van der Waals surface area contributed by atoms with Gasteiger partial charge in [-0.2, -0.15) is 0 Å². The molecule has 0 aliphatic carbocycles. The van der Waals surface area contributed by atoms with E-state index in [1.165, 1.54) is 37.5 Å². The molecule has 5 heteroatoms. The second-order valence-electron chi connectivity index (χ2n) is 4.69. The lowest BCUT2D eigenvalue weighted by Gasteiger charge is -2.01. The molecule has 0 amide bonds. The topological polar surface area (TPSA) is 69.7 Å². The van der Waals surface area contributed by atoms with E-state index in [9.17, 15) is 9.59 Å². The van der Waals surface area contributed by atoms with Gasteiger partial charge in [0.2, 0.25) is 0 Å². The van der Waals surface area contributed by atoms with Gasteiger partial charge in [0.05, 0.1) is 12.9 Å². The lowest BCUT2D eigenvalue weighted by molar-refractivity contribution is 0.0785. The number of furan rings is 2. The first kappa shape index (κ1) is 15.1. The Hall–Kier alpha value is -2.30. The minimum Gasteiger partial charge on any atom is -0.490 e. The third-order valence-electron chi connectivity index (χ3n) is 3.02. The summed E-state index contributed by atoms with van der Waals surface area (Å²) in [5.74, 6) is -1.06. The maximum Gasteiger partial charge on any atom is 0.272 e. The van der Waals surface area contributed by atoms with Crippen molar-refractivity contribution in [3.05, 3.63) is 42.2 Å². The molecule has 0 aliphatic heterocycles. The molecule has 0 saturated heterocycles. The number of ketones is 2. The van der Waals surface area contributed by atoms with Crippen molar-refractivity contribution in [1.29, 1.82) is 0 Å². The molecule has 2 heterocycles. The predicted molar refractivity (Wildman–Crippen MR) is 75.7 cm³/mol. The predicted octanol–water partition coefficient (Wildman–Crippen LogP) is 3.90. The van der Waals surface area contributed by atoms with Crippen molar-refractivity contribution in [2.45, 2.75) is 32.6 Å². The van der Waals surface area contributed by atoms with Crippen molar-refractivity contribution in [3.8, 4) is 5.75 Å². The summed E-state index contributed by atoms with van der Waals surface area (Å²) in [5, 5.41) is 0. The van der Waals surface area contributed by atoms with Gasteiger partial charge in [0.1, 0.15) is 6.26 Å². The van der Waals surface area contributed by atoms with Crippen LogP contribution in [0.5, 0.6) is 5.75 Å². The molecular weight excluding hydrogens is 272 g/mol. The van der Waals surface area contributed by atoms with Gasteiger partial charge in [-0.25, -0.2) is 0 Å². The third kappa shape index (κ3) is 4.08. The van der Waals surface area contributed by atoms with E-state index in [4.69, 9.17) is 13.6 Å². The van der Waals surface area contributed by atoms with Crippen molar-refractivity contribution in [1.82, 2.24) is 0 Å². The summed E-state index contributed by atoms with van der Waals surface area (Å²) in [6, 6.07) is 4.42. The number of Topliss-reactive ketones (excluding diaryl/α,β-unsaturated/α-hetero) is 2. The lowest BCUT2D eigenvalue weighted by Crippen LogP contribution is -2.12. The average Bonchev–Trinajstić information content (AvgIpc) is 3.17. The Labute approximate surface area is 122 Å². The highest BCUT2D eigenvalue weighted by Crippen LogP contribution is 2.18. The first-order valence-corrected chi connectivity index (χ1v) is 7.06. The fourth-order valence-corrected chi connectivity index (χ4v) is 1.86. The second-order valence-corrected chi connectivity index (χ2v) is 4.69. The van der Waals surface area contributed by atoms with E-state index < -0.39 is 11.6 Å². The quantitative estimate of drug-likeness (QED) is 0.398. The zero-order chi connectivity index (χ0) is 15.1. The van der Waals surface area contributed by atoms with Crippen LogP contribution in [-0.4, -0.2) is 18.2 Å². The van der Waals surface area contributed by atoms with E-state index in [0.717, 1.165) is 12.8 Å². The highest BCUT2D eigenvalue weighted by Gasteiger charge is 2.24. The molecule has 0 N–H and O–H groups in total. The molecule has 2 aromatic rings.